The van der Waals surface area contributed by atoms with Gasteiger partial charge in [-0.1, -0.05) is 25.3 Å². The second-order valence-electron chi connectivity index (χ2n) is 8.43. The maximum absolute atomic E-state index is 9.22. The molecule has 30 heavy (non-hydrogen) atoms. The minimum atomic E-state index is 0.615. The average Bonchev–Trinajstić information content (AvgIpc) is 3.22. The van der Waals surface area contributed by atoms with Gasteiger partial charge >= 0.3 is 0 Å². The smallest absolute Gasteiger partial charge is 0.229 e. The SMILES string of the molecule is CCn1cnc2c(Nc3cccc(C#N)c3)nc(N3CC[C@H]4CCCC[C@H]4C3)nc21. The highest BCUT2D eigenvalue weighted by atomic mass is 15.3. The summed E-state index contributed by atoms with van der Waals surface area (Å²) in [7, 11) is 0. The predicted molar refractivity (Wildman–Crippen MR) is 118 cm³/mol. The third-order valence-corrected chi connectivity index (χ3v) is 6.62. The van der Waals surface area contributed by atoms with E-state index in [9.17, 15) is 5.26 Å². The van der Waals surface area contributed by atoms with Crippen LogP contribution in [0.4, 0.5) is 17.5 Å². The van der Waals surface area contributed by atoms with Gasteiger partial charge < -0.3 is 14.8 Å². The number of nitrogens with zero attached hydrogens (tertiary/aromatic N) is 6. The first-order valence-electron chi connectivity index (χ1n) is 11.0. The van der Waals surface area contributed by atoms with Crippen molar-refractivity contribution in [3.63, 3.8) is 0 Å². The number of piperidine rings is 1. The van der Waals surface area contributed by atoms with Crippen LogP contribution in [0.25, 0.3) is 11.2 Å². The third kappa shape index (κ3) is 3.47. The molecule has 3 aromatic rings. The van der Waals surface area contributed by atoms with Gasteiger partial charge in [-0.2, -0.15) is 15.2 Å². The summed E-state index contributed by atoms with van der Waals surface area (Å²) in [5.41, 5.74) is 3.06. The van der Waals surface area contributed by atoms with E-state index in [2.05, 4.69) is 32.8 Å². The van der Waals surface area contributed by atoms with Crippen LogP contribution in [-0.4, -0.2) is 32.6 Å². The molecule has 0 bridgehead atoms. The minimum absolute atomic E-state index is 0.615. The summed E-state index contributed by atoms with van der Waals surface area (Å²) < 4.78 is 2.06. The second kappa shape index (κ2) is 7.94. The fraction of sp³-hybridized carbons (Fsp3) is 0.478. The molecule has 1 saturated carbocycles. The van der Waals surface area contributed by atoms with Crippen molar-refractivity contribution in [3.05, 3.63) is 36.2 Å². The van der Waals surface area contributed by atoms with Crippen LogP contribution < -0.4 is 10.2 Å². The molecular formula is C23H27N7. The Bertz CT molecular complexity index is 1100. The Hall–Kier alpha value is -3.14. The number of hydrogen-bond donors (Lipinski definition) is 1. The number of aromatic nitrogens is 4. The van der Waals surface area contributed by atoms with Crippen LogP contribution in [0.1, 0.15) is 44.6 Å². The fourth-order valence-electron chi connectivity index (χ4n) is 4.98. The molecule has 7 nitrogen and oxygen atoms in total. The van der Waals surface area contributed by atoms with Gasteiger partial charge in [0.05, 0.1) is 18.0 Å². The lowest BCUT2D eigenvalue weighted by Crippen LogP contribution is -2.42. The molecule has 2 aliphatic rings. The van der Waals surface area contributed by atoms with Crippen LogP contribution in [-0.2, 0) is 6.54 Å². The molecule has 7 heteroatoms. The van der Waals surface area contributed by atoms with Crippen LogP contribution in [0.3, 0.4) is 0 Å². The van der Waals surface area contributed by atoms with Crippen molar-refractivity contribution < 1.29 is 0 Å². The molecule has 1 aromatic carbocycles. The first-order valence-corrected chi connectivity index (χ1v) is 11.0. The van der Waals surface area contributed by atoms with E-state index in [1.165, 1.54) is 32.1 Å². The summed E-state index contributed by atoms with van der Waals surface area (Å²) in [6, 6.07) is 9.64. The summed E-state index contributed by atoms with van der Waals surface area (Å²) in [6.07, 6.45) is 8.49. The molecule has 3 heterocycles. The van der Waals surface area contributed by atoms with Crippen LogP contribution in [0.2, 0.25) is 0 Å². The Morgan fingerprint density at radius 3 is 2.87 bits per heavy atom. The maximum atomic E-state index is 9.22. The van der Waals surface area contributed by atoms with Gasteiger partial charge in [0.2, 0.25) is 5.95 Å². The highest BCUT2D eigenvalue weighted by Gasteiger charge is 2.32. The molecule has 0 radical (unpaired) electrons. The number of nitrogens with one attached hydrogen (secondary N) is 1. The van der Waals surface area contributed by atoms with Gasteiger partial charge in [-0.3, -0.25) is 0 Å². The van der Waals surface area contributed by atoms with Crippen molar-refractivity contribution in [2.45, 2.75) is 45.6 Å². The molecule has 0 unspecified atom stereocenters. The summed E-state index contributed by atoms with van der Waals surface area (Å²) in [5, 5.41) is 12.6. The number of rotatable bonds is 4. The van der Waals surface area contributed by atoms with E-state index in [1.54, 1.807) is 6.07 Å². The van der Waals surface area contributed by atoms with E-state index in [0.29, 0.717) is 11.4 Å². The van der Waals surface area contributed by atoms with Gasteiger partial charge in [0.1, 0.15) is 0 Å². The topological polar surface area (TPSA) is 82.7 Å². The van der Waals surface area contributed by atoms with E-state index in [-0.39, 0.29) is 0 Å². The number of anilines is 3. The van der Waals surface area contributed by atoms with E-state index in [1.807, 2.05) is 24.5 Å². The van der Waals surface area contributed by atoms with Gasteiger partial charge in [-0.25, -0.2) is 4.98 Å². The van der Waals surface area contributed by atoms with Crippen molar-refractivity contribution in [3.8, 4) is 6.07 Å². The molecule has 0 amide bonds. The van der Waals surface area contributed by atoms with Gasteiger partial charge in [-0.15, -0.1) is 0 Å². The zero-order valence-electron chi connectivity index (χ0n) is 17.4. The largest absolute Gasteiger partial charge is 0.340 e. The number of fused-ring (bicyclic) bond motifs is 2. The van der Waals surface area contributed by atoms with Crippen molar-refractivity contribution in [1.29, 1.82) is 5.26 Å². The normalized spacial score (nSPS) is 21.3. The maximum Gasteiger partial charge on any atom is 0.229 e. The van der Waals surface area contributed by atoms with Gasteiger partial charge in [-0.05, 0) is 49.8 Å². The summed E-state index contributed by atoms with van der Waals surface area (Å²) >= 11 is 0. The number of hydrogen-bond acceptors (Lipinski definition) is 6. The zero-order valence-corrected chi connectivity index (χ0v) is 17.4. The van der Waals surface area contributed by atoms with E-state index >= 15 is 0 Å². The molecule has 1 aliphatic heterocycles. The molecule has 1 aliphatic carbocycles. The Balaban J connectivity index is 1.52. The number of aryl methyl sites for hydroxylation is 1. The molecular weight excluding hydrogens is 374 g/mol. The van der Waals surface area contributed by atoms with Crippen LogP contribution in [0, 0.1) is 23.2 Å². The molecule has 1 N–H and O–H groups in total. The molecule has 0 spiro atoms. The lowest BCUT2D eigenvalue weighted by Gasteiger charge is -2.41. The van der Waals surface area contributed by atoms with Gasteiger partial charge in [0, 0.05) is 25.3 Å². The fourth-order valence-corrected chi connectivity index (χ4v) is 4.98. The average molecular weight is 402 g/mol. The molecule has 2 fully saturated rings. The number of imidazole rings is 1. The number of nitriles is 1. The van der Waals surface area contributed by atoms with Crippen molar-refractivity contribution in [1.82, 2.24) is 19.5 Å². The molecule has 2 atom stereocenters. The van der Waals surface area contributed by atoms with Crippen molar-refractivity contribution in [2.75, 3.05) is 23.3 Å². The van der Waals surface area contributed by atoms with Crippen molar-refractivity contribution >= 4 is 28.6 Å². The van der Waals surface area contributed by atoms with Crippen LogP contribution in [0.5, 0.6) is 0 Å². The predicted octanol–water partition coefficient (Wildman–Crippen LogP) is 4.48. The quantitative estimate of drug-likeness (QED) is 0.694. The van der Waals surface area contributed by atoms with E-state index in [0.717, 1.165) is 54.3 Å². The highest BCUT2D eigenvalue weighted by molar-refractivity contribution is 5.86. The Morgan fingerprint density at radius 1 is 1.17 bits per heavy atom. The second-order valence-corrected chi connectivity index (χ2v) is 8.43. The first-order chi connectivity index (χ1) is 14.7. The van der Waals surface area contributed by atoms with Gasteiger partial charge in [0.25, 0.3) is 0 Å². The summed E-state index contributed by atoms with van der Waals surface area (Å²) in [4.78, 5) is 16.8. The lowest BCUT2D eigenvalue weighted by molar-refractivity contribution is 0.201. The van der Waals surface area contributed by atoms with Crippen LogP contribution >= 0.6 is 0 Å². The molecule has 1 saturated heterocycles. The summed E-state index contributed by atoms with van der Waals surface area (Å²) in [5.74, 6) is 3.10. The third-order valence-electron chi connectivity index (χ3n) is 6.62. The van der Waals surface area contributed by atoms with Crippen molar-refractivity contribution in [2.24, 2.45) is 11.8 Å². The van der Waals surface area contributed by atoms with E-state index < -0.39 is 0 Å². The first kappa shape index (κ1) is 18.9. The summed E-state index contributed by atoms with van der Waals surface area (Å²) in [6.45, 7) is 4.96. The van der Waals surface area contributed by atoms with E-state index in [4.69, 9.17) is 9.97 Å². The molecule has 5 rings (SSSR count). The Kier molecular flexibility index (Phi) is 4.99. The van der Waals surface area contributed by atoms with Crippen LogP contribution in [0.15, 0.2) is 30.6 Å². The monoisotopic (exact) mass is 401 g/mol. The highest BCUT2D eigenvalue weighted by Crippen LogP contribution is 2.37. The Morgan fingerprint density at radius 2 is 2.03 bits per heavy atom. The lowest BCUT2D eigenvalue weighted by atomic mass is 9.75. The van der Waals surface area contributed by atoms with Gasteiger partial charge in [0.15, 0.2) is 17.0 Å². The zero-order chi connectivity index (χ0) is 20.5. The molecule has 2 aromatic heterocycles. The Labute approximate surface area is 176 Å². The number of benzene rings is 1. The standard InChI is InChI=1S/C23H27N7/c1-2-29-15-25-20-21(26-19-9-5-6-16(12-19)13-24)27-23(28-22(20)29)30-11-10-17-7-3-4-8-18(17)14-30/h5-6,9,12,15,17-18H,2-4,7-8,10-11,14H2,1H3,(H,26,27,28)/t17-,18+/m1/s1. The minimum Gasteiger partial charge on any atom is -0.340 e. The molecule has 154 valence electrons.